The molecule has 0 N–H and O–H groups in total. The van der Waals surface area contributed by atoms with E-state index in [1.54, 1.807) is 0 Å². The van der Waals surface area contributed by atoms with Crippen LogP contribution >= 0.6 is 0 Å². The van der Waals surface area contributed by atoms with Crippen LogP contribution in [0.3, 0.4) is 0 Å². The first-order chi connectivity index (χ1) is 12.7. The zero-order valence-corrected chi connectivity index (χ0v) is 15.3. The number of carbonyl (C=O) groups is 1. The maximum Gasteiger partial charge on any atom is 0.309 e. The highest BCUT2D eigenvalue weighted by molar-refractivity contribution is 5.72. The first-order valence-electron chi connectivity index (χ1n) is 9.14. The number of rotatable bonds is 7. The number of nitrogens with zero attached hydrogens (tertiary/aromatic N) is 3. The van der Waals surface area contributed by atoms with Gasteiger partial charge in [0, 0.05) is 5.56 Å². The fourth-order valence-corrected chi connectivity index (χ4v) is 3.08. The van der Waals surface area contributed by atoms with Crippen LogP contribution in [-0.2, 0) is 16.1 Å². The molecule has 2 aromatic rings. The van der Waals surface area contributed by atoms with Gasteiger partial charge in [-0.25, -0.2) is 0 Å². The summed E-state index contributed by atoms with van der Waals surface area (Å²) in [5.74, 6) is 1.91. The van der Waals surface area contributed by atoms with Crippen LogP contribution in [0.5, 0.6) is 5.75 Å². The van der Waals surface area contributed by atoms with E-state index < -0.39 is 0 Å². The molecule has 0 spiro atoms. The van der Waals surface area contributed by atoms with Crippen LogP contribution in [0.1, 0.15) is 32.6 Å². The highest BCUT2D eigenvalue weighted by atomic mass is 16.5. The standard InChI is InChI=1S/C19H25N3O4/c1-3-24-16-7-5-14(6-8-16)18-20-17(26-21-18)13-22-11-9-15(10-12-22)19(23)25-4-2/h5-8,15H,3-4,9-13H2,1-2H3. The molecule has 0 amide bonds. The van der Waals surface area contributed by atoms with Crippen molar-refractivity contribution in [3.8, 4) is 17.1 Å². The molecule has 1 fully saturated rings. The number of likely N-dealkylation sites (tertiary alicyclic amines) is 1. The molecule has 0 bridgehead atoms. The van der Waals surface area contributed by atoms with E-state index in [4.69, 9.17) is 14.0 Å². The summed E-state index contributed by atoms with van der Waals surface area (Å²) in [7, 11) is 0. The third-order valence-electron chi connectivity index (χ3n) is 4.46. The van der Waals surface area contributed by atoms with Gasteiger partial charge in [-0.05, 0) is 64.0 Å². The molecule has 3 rings (SSSR count). The normalized spacial score (nSPS) is 15.8. The molecule has 1 saturated heterocycles. The third kappa shape index (κ3) is 4.60. The second-order valence-corrected chi connectivity index (χ2v) is 6.27. The van der Waals surface area contributed by atoms with Crippen molar-refractivity contribution >= 4 is 5.97 Å². The summed E-state index contributed by atoms with van der Waals surface area (Å²) in [6, 6.07) is 7.64. The molecule has 1 aromatic carbocycles. The van der Waals surface area contributed by atoms with E-state index in [9.17, 15) is 4.79 Å². The average molecular weight is 359 g/mol. The molecule has 0 unspecified atom stereocenters. The van der Waals surface area contributed by atoms with E-state index >= 15 is 0 Å². The minimum absolute atomic E-state index is 0.00769. The van der Waals surface area contributed by atoms with Crippen molar-refractivity contribution in [1.82, 2.24) is 15.0 Å². The molecule has 7 nitrogen and oxygen atoms in total. The summed E-state index contributed by atoms with van der Waals surface area (Å²) in [6.07, 6.45) is 1.61. The summed E-state index contributed by atoms with van der Waals surface area (Å²) in [4.78, 5) is 18.5. The van der Waals surface area contributed by atoms with E-state index in [0.29, 0.717) is 31.5 Å². The van der Waals surface area contributed by atoms with E-state index in [1.165, 1.54) is 0 Å². The summed E-state index contributed by atoms with van der Waals surface area (Å²) in [6.45, 7) is 7.11. The molecule has 1 aromatic heterocycles. The van der Waals surface area contributed by atoms with E-state index in [0.717, 1.165) is 37.2 Å². The predicted octanol–water partition coefficient (Wildman–Crippen LogP) is 2.91. The summed E-state index contributed by atoms with van der Waals surface area (Å²) in [5, 5.41) is 4.07. The number of ether oxygens (including phenoxy) is 2. The maximum atomic E-state index is 11.8. The summed E-state index contributed by atoms with van der Waals surface area (Å²) in [5.41, 5.74) is 0.893. The van der Waals surface area contributed by atoms with Crippen molar-refractivity contribution in [3.63, 3.8) is 0 Å². The zero-order chi connectivity index (χ0) is 18.4. The van der Waals surface area contributed by atoms with Gasteiger partial charge in [0.25, 0.3) is 0 Å². The Hall–Kier alpha value is -2.41. The van der Waals surface area contributed by atoms with E-state index in [-0.39, 0.29) is 11.9 Å². The first kappa shape index (κ1) is 18.4. The van der Waals surface area contributed by atoms with Crippen molar-refractivity contribution in [2.24, 2.45) is 5.92 Å². The van der Waals surface area contributed by atoms with Gasteiger partial charge in [0.1, 0.15) is 5.75 Å². The Balaban J connectivity index is 1.53. The van der Waals surface area contributed by atoms with Gasteiger partial charge in [-0.3, -0.25) is 9.69 Å². The highest BCUT2D eigenvalue weighted by Gasteiger charge is 2.26. The van der Waals surface area contributed by atoms with Crippen LogP contribution in [0, 0.1) is 5.92 Å². The molecule has 0 atom stereocenters. The number of hydrogen-bond acceptors (Lipinski definition) is 7. The Morgan fingerprint density at radius 3 is 2.58 bits per heavy atom. The van der Waals surface area contributed by atoms with Gasteiger partial charge >= 0.3 is 5.97 Å². The lowest BCUT2D eigenvalue weighted by Crippen LogP contribution is -2.36. The molecule has 140 valence electrons. The second kappa shape index (κ2) is 8.80. The number of piperidine rings is 1. The van der Waals surface area contributed by atoms with Crippen molar-refractivity contribution in [2.45, 2.75) is 33.2 Å². The SMILES string of the molecule is CCOC(=O)C1CCN(Cc2nc(-c3ccc(OCC)cc3)no2)CC1. The summed E-state index contributed by atoms with van der Waals surface area (Å²) < 4.78 is 15.9. The number of hydrogen-bond donors (Lipinski definition) is 0. The molecule has 26 heavy (non-hydrogen) atoms. The lowest BCUT2D eigenvalue weighted by atomic mass is 9.97. The topological polar surface area (TPSA) is 77.7 Å². The quantitative estimate of drug-likeness (QED) is 0.703. The Morgan fingerprint density at radius 2 is 1.92 bits per heavy atom. The van der Waals surface area contributed by atoms with Crippen LogP contribution in [0.25, 0.3) is 11.4 Å². The summed E-state index contributed by atoms with van der Waals surface area (Å²) >= 11 is 0. The predicted molar refractivity (Wildman–Crippen MR) is 95.5 cm³/mol. The minimum Gasteiger partial charge on any atom is -0.494 e. The number of carbonyl (C=O) groups excluding carboxylic acids is 1. The lowest BCUT2D eigenvalue weighted by molar-refractivity contribution is -0.149. The van der Waals surface area contributed by atoms with Gasteiger partial charge in [0.15, 0.2) is 0 Å². The lowest BCUT2D eigenvalue weighted by Gasteiger charge is -2.29. The van der Waals surface area contributed by atoms with Crippen LogP contribution in [0.15, 0.2) is 28.8 Å². The van der Waals surface area contributed by atoms with E-state index in [1.807, 2.05) is 38.1 Å². The number of benzene rings is 1. The second-order valence-electron chi connectivity index (χ2n) is 6.27. The highest BCUT2D eigenvalue weighted by Crippen LogP contribution is 2.22. The van der Waals surface area contributed by atoms with Gasteiger partial charge in [-0.15, -0.1) is 0 Å². The van der Waals surface area contributed by atoms with Gasteiger partial charge < -0.3 is 14.0 Å². The fourth-order valence-electron chi connectivity index (χ4n) is 3.08. The molecular weight excluding hydrogens is 334 g/mol. The Morgan fingerprint density at radius 1 is 1.19 bits per heavy atom. The number of esters is 1. The largest absolute Gasteiger partial charge is 0.494 e. The molecule has 0 saturated carbocycles. The smallest absolute Gasteiger partial charge is 0.309 e. The molecule has 7 heteroatoms. The molecule has 1 aliphatic heterocycles. The molecule has 0 aliphatic carbocycles. The van der Waals surface area contributed by atoms with Crippen LogP contribution in [0.4, 0.5) is 0 Å². The Bertz CT molecular complexity index is 706. The third-order valence-corrected chi connectivity index (χ3v) is 4.46. The van der Waals surface area contributed by atoms with Gasteiger partial charge in [-0.1, -0.05) is 5.16 Å². The van der Waals surface area contributed by atoms with E-state index in [2.05, 4.69) is 15.0 Å². The van der Waals surface area contributed by atoms with Crippen molar-refractivity contribution in [3.05, 3.63) is 30.2 Å². The van der Waals surface area contributed by atoms with Gasteiger partial charge in [0.2, 0.25) is 11.7 Å². The van der Waals surface area contributed by atoms with Crippen molar-refractivity contribution in [2.75, 3.05) is 26.3 Å². The fraction of sp³-hybridized carbons (Fsp3) is 0.526. The van der Waals surface area contributed by atoms with Crippen LogP contribution in [0.2, 0.25) is 0 Å². The van der Waals surface area contributed by atoms with Crippen LogP contribution in [-0.4, -0.2) is 47.3 Å². The van der Waals surface area contributed by atoms with Crippen molar-refractivity contribution < 1.29 is 18.8 Å². The number of aromatic nitrogens is 2. The monoisotopic (exact) mass is 359 g/mol. The molecular formula is C19H25N3O4. The Kier molecular flexibility index (Phi) is 6.22. The zero-order valence-electron chi connectivity index (χ0n) is 15.3. The minimum atomic E-state index is -0.0808. The first-order valence-corrected chi connectivity index (χ1v) is 9.14. The van der Waals surface area contributed by atoms with Gasteiger partial charge in [0.05, 0.1) is 25.7 Å². The average Bonchev–Trinajstić information content (AvgIpc) is 3.12. The molecule has 2 heterocycles. The maximum absolute atomic E-state index is 11.8. The molecule has 1 aliphatic rings. The molecule has 0 radical (unpaired) electrons. The van der Waals surface area contributed by atoms with Gasteiger partial charge in [-0.2, -0.15) is 4.98 Å². The van der Waals surface area contributed by atoms with Crippen molar-refractivity contribution in [1.29, 1.82) is 0 Å². The Labute approximate surface area is 153 Å². The van der Waals surface area contributed by atoms with Crippen LogP contribution < -0.4 is 4.74 Å².